The first kappa shape index (κ1) is 13.5. The van der Waals surface area contributed by atoms with Gasteiger partial charge in [-0.15, -0.1) is 0 Å². The zero-order valence-electron chi connectivity index (χ0n) is 11.3. The fraction of sp³-hybridized carbons (Fsp3) is 0.600. The van der Waals surface area contributed by atoms with Crippen LogP contribution < -0.4 is 5.73 Å². The number of ether oxygens (including phenoxy) is 1. The number of nitrogens with two attached hydrogens (primary N) is 1. The van der Waals surface area contributed by atoms with Gasteiger partial charge in [0.1, 0.15) is 0 Å². The molecular formula is C15H24N2O. The highest BCUT2D eigenvalue weighted by Gasteiger charge is 2.18. The van der Waals surface area contributed by atoms with Gasteiger partial charge in [-0.05, 0) is 30.4 Å². The quantitative estimate of drug-likeness (QED) is 0.863. The number of piperidine rings is 1. The number of rotatable bonds is 5. The van der Waals surface area contributed by atoms with Crippen molar-refractivity contribution in [2.24, 2.45) is 5.73 Å². The van der Waals surface area contributed by atoms with Crippen LogP contribution >= 0.6 is 0 Å². The van der Waals surface area contributed by atoms with E-state index in [2.05, 4.69) is 29.2 Å². The third kappa shape index (κ3) is 3.55. The smallest absolute Gasteiger partial charge is 0.0595 e. The Morgan fingerprint density at radius 1 is 1.22 bits per heavy atom. The van der Waals surface area contributed by atoms with Gasteiger partial charge in [0.05, 0.1) is 6.10 Å². The van der Waals surface area contributed by atoms with Gasteiger partial charge >= 0.3 is 0 Å². The first-order valence-electron chi connectivity index (χ1n) is 6.85. The molecule has 0 amide bonds. The molecule has 1 fully saturated rings. The van der Waals surface area contributed by atoms with E-state index >= 15 is 0 Å². The third-order valence-corrected chi connectivity index (χ3v) is 3.90. The Kier molecular flexibility index (Phi) is 5.17. The molecule has 1 heterocycles. The van der Waals surface area contributed by atoms with Gasteiger partial charge < -0.3 is 15.4 Å². The van der Waals surface area contributed by atoms with Crippen LogP contribution in [-0.2, 0) is 17.7 Å². The Labute approximate surface area is 110 Å². The van der Waals surface area contributed by atoms with Crippen molar-refractivity contribution in [1.82, 2.24) is 4.90 Å². The molecule has 0 saturated carbocycles. The first-order valence-corrected chi connectivity index (χ1v) is 6.85. The van der Waals surface area contributed by atoms with Gasteiger partial charge in [0.15, 0.2) is 0 Å². The fourth-order valence-corrected chi connectivity index (χ4v) is 2.65. The van der Waals surface area contributed by atoms with E-state index in [1.807, 2.05) is 7.11 Å². The minimum Gasteiger partial charge on any atom is -0.381 e. The van der Waals surface area contributed by atoms with E-state index in [1.165, 1.54) is 11.1 Å². The number of hydrogen-bond acceptors (Lipinski definition) is 3. The molecule has 1 aliphatic rings. The Morgan fingerprint density at radius 3 is 2.50 bits per heavy atom. The zero-order chi connectivity index (χ0) is 12.8. The van der Waals surface area contributed by atoms with Crippen LogP contribution in [0.3, 0.4) is 0 Å². The number of methoxy groups -OCH3 is 1. The minimum atomic E-state index is 0.470. The molecule has 1 aromatic carbocycles. The Bertz CT molecular complexity index is 359. The average molecular weight is 248 g/mol. The minimum absolute atomic E-state index is 0.470. The lowest BCUT2D eigenvalue weighted by Gasteiger charge is -2.31. The second kappa shape index (κ2) is 6.88. The lowest BCUT2D eigenvalue weighted by Crippen LogP contribution is -2.37. The maximum atomic E-state index is 5.77. The van der Waals surface area contributed by atoms with Crippen molar-refractivity contribution in [2.45, 2.75) is 31.9 Å². The highest BCUT2D eigenvalue weighted by atomic mass is 16.5. The maximum absolute atomic E-state index is 5.77. The monoisotopic (exact) mass is 248 g/mol. The van der Waals surface area contributed by atoms with Gasteiger partial charge in [0.25, 0.3) is 0 Å². The van der Waals surface area contributed by atoms with Crippen molar-refractivity contribution in [1.29, 1.82) is 0 Å². The van der Waals surface area contributed by atoms with Crippen molar-refractivity contribution in [2.75, 3.05) is 26.7 Å². The summed E-state index contributed by atoms with van der Waals surface area (Å²) in [4.78, 5) is 2.53. The fourth-order valence-electron chi connectivity index (χ4n) is 2.65. The summed E-state index contributed by atoms with van der Waals surface area (Å²) in [6.45, 7) is 4.09. The average Bonchev–Trinajstić information content (AvgIpc) is 2.46. The van der Waals surface area contributed by atoms with E-state index in [0.717, 1.165) is 38.9 Å². The molecule has 2 N–H and O–H groups in total. The highest BCUT2D eigenvalue weighted by Crippen LogP contribution is 2.14. The van der Waals surface area contributed by atoms with Crippen molar-refractivity contribution < 1.29 is 4.74 Å². The predicted octanol–water partition coefficient (Wildman–Crippen LogP) is 1.80. The van der Waals surface area contributed by atoms with E-state index in [9.17, 15) is 0 Å². The van der Waals surface area contributed by atoms with Crippen LogP contribution in [0.1, 0.15) is 24.0 Å². The van der Waals surface area contributed by atoms with Gasteiger partial charge in [-0.1, -0.05) is 24.3 Å². The third-order valence-electron chi connectivity index (χ3n) is 3.90. The number of benzene rings is 1. The van der Waals surface area contributed by atoms with Crippen molar-refractivity contribution in [3.8, 4) is 0 Å². The molecule has 1 aromatic rings. The van der Waals surface area contributed by atoms with E-state index in [4.69, 9.17) is 10.5 Å². The zero-order valence-corrected chi connectivity index (χ0v) is 11.3. The van der Waals surface area contributed by atoms with Crippen LogP contribution in [0.2, 0.25) is 0 Å². The molecule has 0 unspecified atom stereocenters. The molecule has 2 rings (SSSR count). The van der Waals surface area contributed by atoms with Crippen molar-refractivity contribution >= 4 is 0 Å². The molecule has 18 heavy (non-hydrogen) atoms. The van der Waals surface area contributed by atoms with Crippen molar-refractivity contribution in [3.05, 3.63) is 35.4 Å². The van der Waals surface area contributed by atoms with Crippen LogP contribution in [0.25, 0.3) is 0 Å². The van der Waals surface area contributed by atoms with Crippen LogP contribution in [0.5, 0.6) is 0 Å². The van der Waals surface area contributed by atoms with Gasteiger partial charge in [0, 0.05) is 33.3 Å². The number of likely N-dealkylation sites (tertiary alicyclic amines) is 1. The van der Waals surface area contributed by atoms with Gasteiger partial charge in [-0.25, -0.2) is 0 Å². The molecule has 0 radical (unpaired) electrons. The van der Waals surface area contributed by atoms with Crippen LogP contribution in [0.15, 0.2) is 24.3 Å². The second-order valence-corrected chi connectivity index (χ2v) is 5.00. The molecular weight excluding hydrogens is 224 g/mol. The second-order valence-electron chi connectivity index (χ2n) is 5.00. The molecule has 0 bridgehead atoms. The molecule has 1 saturated heterocycles. The summed E-state index contributed by atoms with van der Waals surface area (Å²) in [6, 6.07) is 8.50. The summed E-state index contributed by atoms with van der Waals surface area (Å²) in [5.41, 5.74) is 8.44. The molecule has 100 valence electrons. The van der Waals surface area contributed by atoms with E-state index < -0.39 is 0 Å². The summed E-state index contributed by atoms with van der Waals surface area (Å²) in [5, 5.41) is 0. The molecule has 0 aliphatic carbocycles. The molecule has 0 spiro atoms. The largest absolute Gasteiger partial charge is 0.381 e. The lowest BCUT2D eigenvalue weighted by atomic mass is 10.0. The van der Waals surface area contributed by atoms with Crippen LogP contribution in [-0.4, -0.2) is 37.7 Å². The van der Waals surface area contributed by atoms with Gasteiger partial charge in [0.2, 0.25) is 0 Å². The van der Waals surface area contributed by atoms with E-state index in [-0.39, 0.29) is 0 Å². The van der Waals surface area contributed by atoms with Crippen LogP contribution in [0, 0.1) is 0 Å². The Morgan fingerprint density at radius 2 is 1.89 bits per heavy atom. The maximum Gasteiger partial charge on any atom is 0.0595 e. The van der Waals surface area contributed by atoms with Crippen LogP contribution in [0.4, 0.5) is 0 Å². The summed E-state index contributed by atoms with van der Waals surface area (Å²) < 4.78 is 5.40. The Hall–Kier alpha value is -0.900. The standard InChI is InChI=1S/C15H24N2O/c1-18-15-7-10-17(11-8-15)9-6-13-4-2-3-5-14(13)12-16/h2-5,15H,6-12,16H2,1H3. The topological polar surface area (TPSA) is 38.5 Å². The number of hydrogen-bond donors (Lipinski definition) is 1. The van der Waals surface area contributed by atoms with Crippen molar-refractivity contribution in [3.63, 3.8) is 0 Å². The summed E-state index contributed by atoms with van der Waals surface area (Å²) in [7, 11) is 1.82. The number of nitrogens with zero attached hydrogens (tertiary/aromatic N) is 1. The highest BCUT2D eigenvalue weighted by molar-refractivity contribution is 5.27. The first-order chi connectivity index (χ1) is 8.83. The summed E-state index contributed by atoms with van der Waals surface area (Å²) in [6.07, 6.45) is 3.90. The molecule has 3 nitrogen and oxygen atoms in total. The molecule has 3 heteroatoms. The molecule has 0 aromatic heterocycles. The van der Waals surface area contributed by atoms with E-state index in [1.54, 1.807) is 0 Å². The lowest BCUT2D eigenvalue weighted by molar-refractivity contribution is 0.0415. The predicted molar refractivity (Wildman–Crippen MR) is 74.5 cm³/mol. The van der Waals surface area contributed by atoms with E-state index in [0.29, 0.717) is 12.6 Å². The normalized spacial score (nSPS) is 18.1. The Balaban J connectivity index is 1.81. The SMILES string of the molecule is COC1CCN(CCc2ccccc2CN)CC1. The molecule has 0 atom stereocenters. The van der Waals surface area contributed by atoms with Gasteiger partial charge in [-0.3, -0.25) is 0 Å². The summed E-state index contributed by atoms with van der Waals surface area (Å²) in [5.74, 6) is 0. The molecule has 1 aliphatic heterocycles. The summed E-state index contributed by atoms with van der Waals surface area (Å²) >= 11 is 0. The van der Waals surface area contributed by atoms with Gasteiger partial charge in [-0.2, -0.15) is 0 Å².